The van der Waals surface area contributed by atoms with Gasteiger partial charge < -0.3 is 9.64 Å². The number of likely N-dealkylation sites (N-methyl/N-ethyl adjacent to an activating group) is 1. The predicted octanol–water partition coefficient (Wildman–Crippen LogP) is 4.07. The first-order valence-electron chi connectivity index (χ1n) is 7.25. The van der Waals surface area contributed by atoms with Gasteiger partial charge in [-0.3, -0.25) is 0 Å². The van der Waals surface area contributed by atoms with E-state index >= 15 is 0 Å². The average molecular weight is 304 g/mol. The molecule has 2 aromatic rings. The van der Waals surface area contributed by atoms with Gasteiger partial charge in [-0.15, -0.1) is 0 Å². The molecule has 21 heavy (non-hydrogen) atoms. The Labute approximate surface area is 132 Å². The largest absolute Gasteiger partial charge is 0.492 e. The minimum Gasteiger partial charge on any atom is -0.492 e. The number of benzene rings is 2. The quantitative estimate of drug-likeness (QED) is 0.764. The first-order valence-corrected chi connectivity index (χ1v) is 7.63. The zero-order valence-electron chi connectivity index (χ0n) is 12.7. The zero-order valence-corrected chi connectivity index (χ0v) is 13.4. The zero-order chi connectivity index (χ0) is 15.1. The number of halogens is 1. The van der Waals surface area contributed by atoms with E-state index in [4.69, 9.17) is 16.3 Å². The molecular formula is C18H22ClNO. The van der Waals surface area contributed by atoms with Gasteiger partial charge in [-0.05, 0) is 50.2 Å². The third kappa shape index (κ3) is 5.07. The lowest BCUT2D eigenvalue weighted by Crippen LogP contribution is -2.19. The van der Waals surface area contributed by atoms with Gasteiger partial charge in [-0.25, -0.2) is 0 Å². The number of hydrogen-bond donors (Lipinski definition) is 0. The summed E-state index contributed by atoms with van der Waals surface area (Å²) in [7, 11) is 4.10. The summed E-state index contributed by atoms with van der Waals surface area (Å²) in [6, 6.07) is 16.3. The van der Waals surface area contributed by atoms with E-state index in [0.29, 0.717) is 6.61 Å². The molecule has 2 aromatic carbocycles. The molecule has 0 bridgehead atoms. The second kappa shape index (κ2) is 8.06. The molecule has 0 spiro atoms. The fraction of sp³-hybridized carbons (Fsp3) is 0.333. The molecule has 2 nitrogen and oxygen atoms in total. The molecule has 0 N–H and O–H groups in total. The maximum Gasteiger partial charge on any atom is 0.122 e. The van der Waals surface area contributed by atoms with E-state index in [1.807, 2.05) is 44.4 Å². The van der Waals surface area contributed by atoms with E-state index in [1.54, 1.807) is 0 Å². The molecule has 0 fully saturated rings. The Hall–Kier alpha value is -1.51. The van der Waals surface area contributed by atoms with Crippen LogP contribution in [0.15, 0.2) is 48.5 Å². The summed E-state index contributed by atoms with van der Waals surface area (Å²) in [6.07, 6.45) is 1.86. The van der Waals surface area contributed by atoms with Crippen molar-refractivity contribution in [1.29, 1.82) is 0 Å². The van der Waals surface area contributed by atoms with Crippen molar-refractivity contribution in [1.82, 2.24) is 4.90 Å². The second-order valence-electron chi connectivity index (χ2n) is 5.35. The summed E-state index contributed by atoms with van der Waals surface area (Å²) in [6.45, 7) is 1.62. The standard InChI is InChI=1S/C18H22ClNO/c1-20(2)13-14-21-18-10-6-4-8-16(18)12-11-15-7-3-5-9-17(15)19/h3-10H,11-14H2,1-2H3. The maximum absolute atomic E-state index is 6.21. The SMILES string of the molecule is CN(C)CCOc1ccccc1CCc1ccccc1Cl. The van der Waals surface area contributed by atoms with Crippen LogP contribution in [0.25, 0.3) is 0 Å². The second-order valence-corrected chi connectivity index (χ2v) is 5.76. The first kappa shape index (κ1) is 15.9. The van der Waals surface area contributed by atoms with Gasteiger partial charge in [0.2, 0.25) is 0 Å². The molecule has 2 rings (SSSR count). The van der Waals surface area contributed by atoms with Crippen molar-refractivity contribution in [3.8, 4) is 5.75 Å². The van der Waals surface area contributed by atoms with E-state index < -0.39 is 0 Å². The third-order valence-corrected chi connectivity index (χ3v) is 3.76. The third-order valence-electron chi connectivity index (χ3n) is 3.39. The van der Waals surface area contributed by atoms with Gasteiger partial charge in [-0.1, -0.05) is 48.0 Å². The summed E-state index contributed by atoms with van der Waals surface area (Å²) < 4.78 is 5.89. The Morgan fingerprint density at radius 3 is 2.24 bits per heavy atom. The Balaban J connectivity index is 1.98. The van der Waals surface area contributed by atoms with Crippen LogP contribution in [0.4, 0.5) is 0 Å². The molecule has 3 heteroatoms. The molecule has 0 aromatic heterocycles. The Morgan fingerprint density at radius 1 is 0.905 bits per heavy atom. The van der Waals surface area contributed by atoms with Crippen LogP contribution in [0, 0.1) is 0 Å². The summed E-state index contributed by atoms with van der Waals surface area (Å²) in [5.74, 6) is 0.978. The van der Waals surface area contributed by atoms with Crippen molar-refractivity contribution in [3.05, 3.63) is 64.7 Å². The van der Waals surface area contributed by atoms with Gasteiger partial charge >= 0.3 is 0 Å². The first-order chi connectivity index (χ1) is 10.2. The number of hydrogen-bond acceptors (Lipinski definition) is 2. The van der Waals surface area contributed by atoms with Crippen molar-refractivity contribution >= 4 is 11.6 Å². The van der Waals surface area contributed by atoms with Crippen LogP contribution in [0.5, 0.6) is 5.75 Å². The lowest BCUT2D eigenvalue weighted by atomic mass is 10.0. The highest BCUT2D eigenvalue weighted by molar-refractivity contribution is 6.31. The summed E-state index contributed by atoms with van der Waals surface area (Å²) in [5, 5.41) is 0.837. The van der Waals surface area contributed by atoms with Crippen molar-refractivity contribution in [2.45, 2.75) is 12.8 Å². The number of ether oxygens (including phenoxy) is 1. The molecule has 0 unspecified atom stereocenters. The number of rotatable bonds is 7. The number of para-hydroxylation sites is 1. The van der Waals surface area contributed by atoms with Crippen LogP contribution in [0.2, 0.25) is 5.02 Å². The molecule has 0 amide bonds. The van der Waals surface area contributed by atoms with Gasteiger partial charge in [0.25, 0.3) is 0 Å². The van der Waals surface area contributed by atoms with Gasteiger partial charge in [0.1, 0.15) is 12.4 Å². The van der Waals surface area contributed by atoms with Gasteiger partial charge in [0.15, 0.2) is 0 Å². The Kier molecular flexibility index (Phi) is 6.09. The Bertz CT molecular complexity index is 569. The molecule has 0 aliphatic carbocycles. The van der Waals surface area contributed by atoms with E-state index in [2.05, 4.69) is 23.1 Å². The fourth-order valence-electron chi connectivity index (χ4n) is 2.16. The normalized spacial score (nSPS) is 10.9. The lowest BCUT2D eigenvalue weighted by Gasteiger charge is -2.14. The maximum atomic E-state index is 6.21. The van der Waals surface area contributed by atoms with Crippen LogP contribution < -0.4 is 4.74 Å². The summed E-state index contributed by atoms with van der Waals surface area (Å²) in [5.41, 5.74) is 2.42. The molecule has 112 valence electrons. The van der Waals surface area contributed by atoms with Crippen molar-refractivity contribution in [2.24, 2.45) is 0 Å². The van der Waals surface area contributed by atoms with Crippen LogP contribution in [0.1, 0.15) is 11.1 Å². The van der Waals surface area contributed by atoms with Crippen LogP contribution in [-0.2, 0) is 12.8 Å². The van der Waals surface area contributed by atoms with E-state index in [0.717, 1.165) is 30.2 Å². The molecule has 0 radical (unpaired) electrons. The number of nitrogens with zero attached hydrogens (tertiary/aromatic N) is 1. The van der Waals surface area contributed by atoms with Gasteiger partial charge in [-0.2, -0.15) is 0 Å². The fourth-order valence-corrected chi connectivity index (χ4v) is 2.39. The molecule has 0 aliphatic rings. The predicted molar refractivity (Wildman–Crippen MR) is 89.4 cm³/mol. The summed E-state index contributed by atoms with van der Waals surface area (Å²) >= 11 is 6.21. The monoisotopic (exact) mass is 303 g/mol. The topological polar surface area (TPSA) is 12.5 Å². The lowest BCUT2D eigenvalue weighted by molar-refractivity contribution is 0.259. The average Bonchev–Trinajstić information content (AvgIpc) is 2.47. The van der Waals surface area contributed by atoms with Crippen molar-refractivity contribution < 1.29 is 4.74 Å². The summed E-state index contributed by atoms with van der Waals surface area (Å²) in [4.78, 5) is 2.12. The highest BCUT2D eigenvalue weighted by Gasteiger charge is 2.05. The van der Waals surface area contributed by atoms with Crippen molar-refractivity contribution in [3.63, 3.8) is 0 Å². The van der Waals surface area contributed by atoms with Crippen LogP contribution in [-0.4, -0.2) is 32.1 Å². The molecule has 0 saturated carbocycles. The van der Waals surface area contributed by atoms with E-state index in [9.17, 15) is 0 Å². The minimum atomic E-state index is 0.704. The van der Waals surface area contributed by atoms with Crippen molar-refractivity contribution in [2.75, 3.05) is 27.2 Å². The van der Waals surface area contributed by atoms with Crippen LogP contribution >= 0.6 is 11.6 Å². The van der Waals surface area contributed by atoms with E-state index in [-0.39, 0.29) is 0 Å². The van der Waals surface area contributed by atoms with Gasteiger partial charge in [0, 0.05) is 11.6 Å². The van der Waals surface area contributed by atoms with Crippen LogP contribution in [0.3, 0.4) is 0 Å². The smallest absolute Gasteiger partial charge is 0.122 e. The highest BCUT2D eigenvalue weighted by Crippen LogP contribution is 2.22. The van der Waals surface area contributed by atoms with Gasteiger partial charge in [0.05, 0.1) is 0 Å². The molecule has 0 aliphatic heterocycles. The molecule has 0 heterocycles. The molecule has 0 saturated heterocycles. The highest BCUT2D eigenvalue weighted by atomic mass is 35.5. The van der Waals surface area contributed by atoms with E-state index in [1.165, 1.54) is 11.1 Å². The minimum absolute atomic E-state index is 0.704. The molecular weight excluding hydrogens is 282 g/mol. The number of aryl methyl sites for hydroxylation is 2. The Morgan fingerprint density at radius 2 is 1.52 bits per heavy atom. The molecule has 0 atom stereocenters.